The fourth-order valence-electron chi connectivity index (χ4n) is 7.35. The van der Waals surface area contributed by atoms with Crippen LogP contribution in [0.3, 0.4) is 0 Å². The first-order chi connectivity index (χ1) is 16.2. The number of ketones is 1. The predicted octanol–water partition coefficient (Wildman–Crippen LogP) is 1.09. The van der Waals surface area contributed by atoms with Crippen LogP contribution in [-0.2, 0) is 9.59 Å². The molecular formula is C25H34F3N3O3+2. The van der Waals surface area contributed by atoms with Crippen LogP contribution < -0.4 is 19.9 Å². The van der Waals surface area contributed by atoms with E-state index in [1.165, 1.54) is 53.3 Å². The van der Waals surface area contributed by atoms with E-state index in [1.54, 1.807) is 0 Å². The standard InChI is InChI=1S/C25H32F3N3O3/c26-25(27,28)34-21-3-1-20(2-4-21)29-23(33)16-31-7-5-30(6-8-31)15-22(32)24-12-17-9-18(13-24)11-19(10-17)14-24/h1-4,17-19H,5-16H2,(H,29,33)/p+2. The Labute approximate surface area is 197 Å². The Bertz CT molecular complexity index is 875. The molecule has 4 aliphatic carbocycles. The van der Waals surface area contributed by atoms with Gasteiger partial charge in [0.15, 0.2) is 12.3 Å². The Morgan fingerprint density at radius 1 is 0.882 bits per heavy atom. The molecule has 0 atom stereocenters. The second-order valence-corrected chi connectivity index (χ2v) is 11.1. The zero-order valence-electron chi connectivity index (χ0n) is 19.4. The monoisotopic (exact) mass is 481 g/mol. The number of rotatable bonds is 7. The van der Waals surface area contributed by atoms with Gasteiger partial charge in [-0.15, -0.1) is 13.2 Å². The Morgan fingerprint density at radius 2 is 1.38 bits per heavy atom. The number of amides is 1. The summed E-state index contributed by atoms with van der Waals surface area (Å²) in [7, 11) is 0. The molecule has 0 spiro atoms. The minimum Gasteiger partial charge on any atom is -0.406 e. The molecule has 0 radical (unpaired) electrons. The number of nitrogens with one attached hydrogen (secondary N) is 3. The second kappa shape index (κ2) is 9.15. The first-order valence-corrected chi connectivity index (χ1v) is 12.5. The van der Waals surface area contributed by atoms with Gasteiger partial charge in [-0.25, -0.2) is 0 Å². The third kappa shape index (κ3) is 5.40. The van der Waals surface area contributed by atoms with Gasteiger partial charge in [0, 0.05) is 11.1 Å². The lowest BCUT2D eigenvalue weighted by Crippen LogP contribution is -3.28. The lowest BCUT2D eigenvalue weighted by molar-refractivity contribution is -1.00. The number of ether oxygens (including phenoxy) is 1. The molecule has 5 aliphatic rings. The van der Waals surface area contributed by atoms with Crippen molar-refractivity contribution >= 4 is 17.4 Å². The van der Waals surface area contributed by atoms with E-state index >= 15 is 0 Å². The molecule has 1 saturated heterocycles. The van der Waals surface area contributed by atoms with E-state index < -0.39 is 6.36 Å². The third-order valence-electron chi connectivity index (χ3n) is 8.49. The molecule has 0 unspecified atom stereocenters. The number of carbonyl (C=O) groups excluding carboxylic acids is 2. The normalized spacial score (nSPS) is 34.6. The van der Waals surface area contributed by atoms with Crippen LogP contribution in [0.4, 0.5) is 18.9 Å². The van der Waals surface area contributed by atoms with Crippen LogP contribution in [0.1, 0.15) is 38.5 Å². The zero-order valence-corrected chi connectivity index (χ0v) is 19.4. The highest BCUT2D eigenvalue weighted by atomic mass is 19.4. The molecule has 1 aromatic carbocycles. The SMILES string of the molecule is O=C(C[NH+]1CC[NH+](CC(=O)C23CC4CC(CC(C4)C2)C3)CC1)Nc1ccc(OC(F)(F)F)cc1. The topological polar surface area (TPSA) is 64.3 Å². The molecule has 4 bridgehead atoms. The van der Waals surface area contributed by atoms with E-state index in [4.69, 9.17) is 0 Å². The van der Waals surface area contributed by atoms with Crippen LogP contribution in [0.5, 0.6) is 5.75 Å². The first-order valence-electron chi connectivity index (χ1n) is 12.5. The van der Waals surface area contributed by atoms with Crippen LogP contribution >= 0.6 is 0 Å². The molecule has 6 nitrogen and oxygen atoms in total. The number of benzene rings is 1. The van der Waals surface area contributed by atoms with Crippen molar-refractivity contribution in [1.82, 2.24) is 0 Å². The largest absolute Gasteiger partial charge is 0.573 e. The molecule has 1 aliphatic heterocycles. The lowest BCUT2D eigenvalue weighted by atomic mass is 9.48. The van der Waals surface area contributed by atoms with Crippen molar-refractivity contribution in [2.75, 3.05) is 44.6 Å². The fraction of sp³-hybridized carbons (Fsp3) is 0.680. The van der Waals surface area contributed by atoms with Gasteiger partial charge in [0.05, 0.1) is 0 Å². The summed E-state index contributed by atoms with van der Waals surface area (Å²) in [4.78, 5) is 28.3. The first kappa shape index (κ1) is 23.6. The summed E-state index contributed by atoms with van der Waals surface area (Å²) in [6.07, 6.45) is 2.64. The smallest absolute Gasteiger partial charge is 0.406 e. The van der Waals surface area contributed by atoms with Gasteiger partial charge in [0.1, 0.15) is 38.5 Å². The quantitative estimate of drug-likeness (QED) is 0.547. The van der Waals surface area contributed by atoms with E-state index in [2.05, 4.69) is 10.1 Å². The molecule has 1 heterocycles. The second-order valence-electron chi connectivity index (χ2n) is 11.1. The van der Waals surface area contributed by atoms with Gasteiger partial charge >= 0.3 is 6.36 Å². The number of quaternary nitrogens is 2. The van der Waals surface area contributed by atoms with E-state index in [0.717, 1.165) is 63.2 Å². The maximum Gasteiger partial charge on any atom is 0.573 e. The number of alkyl halides is 3. The highest BCUT2D eigenvalue weighted by molar-refractivity contribution is 5.91. The maximum absolute atomic E-state index is 13.4. The number of hydrogen-bond donors (Lipinski definition) is 3. The molecule has 186 valence electrons. The Morgan fingerprint density at radius 3 is 1.88 bits per heavy atom. The van der Waals surface area contributed by atoms with Crippen molar-refractivity contribution in [1.29, 1.82) is 0 Å². The molecule has 34 heavy (non-hydrogen) atoms. The van der Waals surface area contributed by atoms with Crippen molar-refractivity contribution in [2.24, 2.45) is 23.2 Å². The lowest BCUT2D eigenvalue weighted by Gasteiger charge is -2.55. The summed E-state index contributed by atoms with van der Waals surface area (Å²) in [5.74, 6) is 2.32. The minimum atomic E-state index is -4.74. The number of carbonyl (C=O) groups is 2. The number of piperazine rings is 1. The van der Waals surface area contributed by atoms with Gasteiger partial charge in [0.25, 0.3) is 5.91 Å². The number of Topliss-reactive ketones (excluding diaryl/α,β-unsaturated/α-hetero) is 1. The van der Waals surface area contributed by atoms with Crippen molar-refractivity contribution in [3.8, 4) is 5.75 Å². The van der Waals surface area contributed by atoms with E-state index in [9.17, 15) is 22.8 Å². The van der Waals surface area contributed by atoms with Gasteiger partial charge in [-0.2, -0.15) is 0 Å². The van der Waals surface area contributed by atoms with E-state index in [0.29, 0.717) is 24.6 Å². The highest BCUT2D eigenvalue weighted by Crippen LogP contribution is 2.60. The van der Waals surface area contributed by atoms with Gasteiger partial charge < -0.3 is 19.9 Å². The highest BCUT2D eigenvalue weighted by Gasteiger charge is 2.55. The zero-order chi connectivity index (χ0) is 23.9. The van der Waals surface area contributed by atoms with Crippen LogP contribution in [0.2, 0.25) is 0 Å². The van der Waals surface area contributed by atoms with Crippen molar-refractivity contribution in [3.05, 3.63) is 24.3 Å². The molecule has 6 rings (SSSR count). The van der Waals surface area contributed by atoms with Gasteiger partial charge in [-0.1, -0.05) is 0 Å². The average molecular weight is 482 g/mol. The van der Waals surface area contributed by atoms with E-state index in [-0.39, 0.29) is 17.1 Å². The summed E-state index contributed by atoms with van der Waals surface area (Å²) in [5.41, 5.74) is 0.399. The van der Waals surface area contributed by atoms with E-state index in [1.807, 2.05) is 0 Å². The maximum atomic E-state index is 13.4. The number of hydrogen-bond acceptors (Lipinski definition) is 3. The summed E-state index contributed by atoms with van der Waals surface area (Å²) in [6.45, 7) is 4.34. The number of anilines is 1. The molecule has 0 aromatic heterocycles. The summed E-state index contributed by atoms with van der Waals surface area (Å²) in [6, 6.07) is 5.15. The summed E-state index contributed by atoms with van der Waals surface area (Å²) >= 11 is 0. The molecule has 4 saturated carbocycles. The van der Waals surface area contributed by atoms with Crippen molar-refractivity contribution in [2.45, 2.75) is 44.9 Å². The fourth-order valence-corrected chi connectivity index (χ4v) is 7.35. The molecular weight excluding hydrogens is 447 g/mol. The molecule has 3 N–H and O–H groups in total. The van der Waals surface area contributed by atoms with Crippen LogP contribution in [0, 0.1) is 23.2 Å². The molecule has 5 fully saturated rings. The third-order valence-corrected chi connectivity index (χ3v) is 8.49. The Hall–Kier alpha value is -2.13. The van der Waals surface area contributed by atoms with Crippen LogP contribution in [0.15, 0.2) is 24.3 Å². The molecule has 9 heteroatoms. The van der Waals surface area contributed by atoms with Gasteiger partial charge in [0.2, 0.25) is 0 Å². The minimum absolute atomic E-state index is 0.0354. The molecule has 1 aromatic rings. The summed E-state index contributed by atoms with van der Waals surface area (Å²) < 4.78 is 40.6. The van der Waals surface area contributed by atoms with Crippen molar-refractivity contribution in [3.63, 3.8) is 0 Å². The van der Waals surface area contributed by atoms with Gasteiger partial charge in [-0.3, -0.25) is 9.59 Å². The average Bonchev–Trinajstić information content (AvgIpc) is 2.74. The van der Waals surface area contributed by atoms with Gasteiger partial charge in [-0.05, 0) is 80.5 Å². The van der Waals surface area contributed by atoms with Crippen molar-refractivity contribution < 1.29 is 37.3 Å². The van der Waals surface area contributed by atoms with Crippen LogP contribution in [-0.4, -0.2) is 57.3 Å². The van der Waals surface area contributed by atoms with Crippen LogP contribution in [0.25, 0.3) is 0 Å². The summed E-state index contributed by atoms with van der Waals surface area (Å²) in [5, 5.41) is 2.74. The predicted molar refractivity (Wildman–Crippen MR) is 118 cm³/mol. The Balaban J connectivity index is 1.05. The molecule has 1 amide bonds. The number of halogens is 3. The Kier molecular flexibility index (Phi) is 6.35.